The van der Waals surface area contributed by atoms with Crippen molar-refractivity contribution in [1.29, 1.82) is 0 Å². The van der Waals surface area contributed by atoms with Crippen molar-refractivity contribution in [3.05, 3.63) is 29.8 Å². The van der Waals surface area contributed by atoms with E-state index in [0.29, 0.717) is 0 Å². The molecule has 1 aromatic rings. The van der Waals surface area contributed by atoms with Crippen LogP contribution in [0, 0.1) is 0 Å². The third kappa shape index (κ3) is 5.11. The monoisotopic (exact) mass is 349 g/mol. The van der Waals surface area contributed by atoms with E-state index in [1.807, 2.05) is 24.3 Å². The molecule has 1 aliphatic heterocycles. The molecular formula is C19H27NO5. The molecule has 0 saturated carbocycles. The summed E-state index contributed by atoms with van der Waals surface area (Å²) in [7, 11) is 0. The molecule has 0 aromatic heterocycles. The molecule has 1 N–H and O–H groups in total. The van der Waals surface area contributed by atoms with Gasteiger partial charge in [-0.2, -0.15) is 0 Å². The van der Waals surface area contributed by atoms with Crippen molar-refractivity contribution in [3.8, 4) is 5.75 Å². The first-order valence-electron chi connectivity index (χ1n) is 8.68. The van der Waals surface area contributed by atoms with Crippen LogP contribution in [-0.4, -0.2) is 46.4 Å². The van der Waals surface area contributed by atoms with E-state index in [9.17, 15) is 14.7 Å². The third-order valence-electron chi connectivity index (χ3n) is 3.96. The van der Waals surface area contributed by atoms with Gasteiger partial charge in [-0.15, -0.1) is 0 Å². The zero-order valence-corrected chi connectivity index (χ0v) is 15.3. The zero-order valence-electron chi connectivity index (χ0n) is 15.3. The molecule has 0 aliphatic carbocycles. The van der Waals surface area contributed by atoms with Crippen LogP contribution in [0.15, 0.2) is 24.3 Å². The molecule has 1 fully saturated rings. The zero-order chi connectivity index (χ0) is 18.6. The summed E-state index contributed by atoms with van der Waals surface area (Å²) in [6.07, 6.45) is 1.14. The minimum absolute atomic E-state index is 0.201. The molecule has 2 rings (SSSR count). The highest BCUT2D eigenvalue weighted by Gasteiger charge is 2.42. The van der Waals surface area contributed by atoms with Crippen LogP contribution in [0.25, 0.3) is 0 Å². The van der Waals surface area contributed by atoms with Gasteiger partial charge in [0, 0.05) is 6.42 Å². The van der Waals surface area contributed by atoms with Crippen LogP contribution in [0.2, 0.25) is 0 Å². The minimum atomic E-state index is -1.04. The van der Waals surface area contributed by atoms with E-state index < -0.39 is 23.7 Å². The van der Waals surface area contributed by atoms with Gasteiger partial charge in [0.15, 0.2) is 0 Å². The maximum atomic E-state index is 12.3. The average Bonchev–Trinajstić information content (AvgIpc) is 2.92. The number of aliphatic carboxylic acids is 1. The maximum Gasteiger partial charge on any atom is 0.411 e. The second kappa shape index (κ2) is 7.76. The number of rotatable bonds is 5. The number of carbonyl (C=O) groups is 2. The number of carboxylic acid groups (broad SMARTS) is 1. The number of para-hydroxylation sites is 1. The average molecular weight is 349 g/mol. The van der Waals surface area contributed by atoms with Crippen molar-refractivity contribution >= 4 is 12.1 Å². The van der Waals surface area contributed by atoms with E-state index in [0.717, 1.165) is 24.2 Å². The first kappa shape index (κ1) is 19.1. The van der Waals surface area contributed by atoms with Crippen LogP contribution in [0.3, 0.4) is 0 Å². The Morgan fingerprint density at radius 3 is 2.56 bits per heavy atom. The van der Waals surface area contributed by atoms with E-state index in [1.54, 1.807) is 20.8 Å². The van der Waals surface area contributed by atoms with E-state index in [4.69, 9.17) is 9.47 Å². The molecule has 2 unspecified atom stereocenters. The summed E-state index contributed by atoms with van der Waals surface area (Å²) >= 11 is 0. The topological polar surface area (TPSA) is 76.1 Å². The standard InChI is InChI=1S/C19H27NO5/c1-5-8-13-9-6-7-10-16(13)24-14-11-15(17(21)22)20(12-14)18(23)25-19(2,3)4/h6-7,9-10,14-15H,5,8,11-12H2,1-4H3,(H,21,22). The van der Waals surface area contributed by atoms with Crippen molar-refractivity contribution < 1.29 is 24.2 Å². The smallest absolute Gasteiger partial charge is 0.411 e. The van der Waals surface area contributed by atoms with Gasteiger partial charge < -0.3 is 14.6 Å². The lowest BCUT2D eigenvalue weighted by molar-refractivity contribution is -0.142. The molecule has 1 aliphatic rings. The Balaban J connectivity index is 2.12. The minimum Gasteiger partial charge on any atom is -0.488 e. The van der Waals surface area contributed by atoms with Crippen molar-refractivity contribution in [1.82, 2.24) is 4.90 Å². The molecule has 1 aromatic carbocycles. The molecule has 6 nitrogen and oxygen atoms in total. The van der Waals surface area contributed by atoms with E-state index >= 15 is 0 Å². The van der Waals surface area contributed by atoms with E-state index in [2.05, 4.69) is 6.92 Å². The molecule has 25 heavy (non-hydrogen) atoms. The lowest BCUT2D eigenvalue weighted by atomic mass is 10.1. The first-order chi connectivity index (χ1) is 11.7. The molecule has 1 saturated heterocycles. The Bertz CT molecular complexity index is 622. The number of carbonyl (C=O) groups excluding carboxylic acids is 1. The summed E-state index contributed by atoms with van der Waals surface area (Å²) in [5.41, 5.74) is 0.417. The van der Waals surface area contributed by atoms with Crippen LogP contribution in [0.4, 0.5) is 4.79 Å². The van der Waals surface area contributed by atoms with Gasteiger partial charge in [-0.3, -0.25) is 4.90 Å². The number of hydrogen-bond donors (Lipinski definition) is 1. The summed E-state index contributed by atoms with van der Waals surface area (Å²) in [5, 5.41) is 9.45. The summed E-state index contributed by atoms with van der Waals surface area (Å²) in [6, 6.07) is 6.81. The fourth-order valence-corrected chi connectivity index (χ4v) is 2.91. The van der Waals surface area contributed by atoms with Crippen molar-refractivity contribution in [2.75, 3.05) is 6.54 Å². The van der Waals surface area contributed by atoms with Gasteiger partial charge in [-0.25, -0.2) is 9.59 Å². The first-order valence-corrected chi connectivity index (χ1v) is 8.68. The predicted octanol–water partition coefficient (Wildman–Crippen LogP) is 3.48. The number of amides is 1. The molecule has 1 amide bonds. The molecule has 0 bridgehead atoms. The largest absolute Gasteiger partial charge is 0.488 e. The van der Waals surface area contributed by atoms with Gasteiger partial charge >= 0.3 is 12.1 Å². The summed E-state index contributed by atoms with van der Waals surface area (Å²) in [6.45, 7) is 7.56. The van der Waals surface area contributed by atoms with Crippen LogP contribution >= 0.6 is 0 Å². The summed E-state index contributed by atoms with van der Waals surface area (Å²) < 4.78 is 11.4. The van der Waals surface area contributed by atoms with Gasteiger partial charge in [-0.1, -0.05) is 31.5 Å². The molecule has 0 radical (unpaired) electrons. The lowest BCUT2D eigenvalue weighted by Gasteiger charge is -2.26. The highest BCUT2D eigenvalue weighted by molar-refractivity contribution is 5.81. The van der Waals surface area contributed by atoms with E-state index in [-0.39, 0.29) is 19.1 Å². The predicted molar refractivity (Wildman–Crippen MR) is 93.8 cm³/mol. The van der Waals surface area contributed by atoms with Crippen molar-refractivity contribution in [2.24, 2.45) is 0 Å². The van der Waals surface area contributed by atoms with Crippen molar-refractivity contribution in [3.63, 3.8) is 0 Å². The number of nitrogens with zero attached hydrogens (tertiary/aromatic N) is 1. The Kier molecular flexibility index (Phi) is 5.93. The number of likely N-dealkylation sites (tertiary alicyclic amines) is 1. The molecule has 2 atom stereocenters. The van der Waals surface area contributed by atoms with E-state index in [1.165, 1.54) is 4.90 Å². The van der Waals surface area contributed by atoms with Gasteiger partial charge in [-0.05, 0) is 38.8 Å². The third-order valence-corrected chi connectivity index (χ3v) is 3.96. The van der Waals surface area contributed by atoms with Gasteiger partial charge in [0.1, 0.15) is 23.5 Å². The van der Waals surface area contributed by atoms with Crippen LogP contribution in [-0.2, 0) is 16.0 Å². The SMILES string of the molecule is CCCc1ccccc1OC1CC(C(=O)O)N(C(=O)OC(C)(C)C)C1. The second-order valence-corrected chi connectivity index (χ2v) is 7.32. The van der Waals surface area contributed by atoms with Crippen molar-refractivity contribution in [2.45, 2.75) is 64.7 Å². The number of aryl methyl sites for hydroxylation is 1. The fraction of sp³-hybridized carbons (Fsp3) is 0.579. The normalized spacial score (nSPS) is 20.4. The van der Waals surface area contributed by atoms with Gasteiger partial charge in [0.25, 0.3) is 0 Å². The van der Waals surface area contributed by atoms with Crippen LogP contribution < -0.4 is 4.74 Å². The number of ether oxygens (including phenoxy) is 2. The highest BCUT2D eigenvalue weighted by atomic mass is 16.6. The second-order valence-electron chi connectivity index (χ2n) is 7.32. The van der Waals surface area contributed by atoms with Gasteiger partial charge in [0.05, 0.1) is 6.54 Å². The number of hydrogen-bond acceptors (Lipinski definition) is 4. The fourth-order valence-electron chi connectivity index (χ4n) is 2.91. The molecule has 0 spiro atoms. The summed E-state index contributed by atoms with van der Waals surface area (Å²) in [4.78, 5) is 25.1. The van der Waals surface area contributed by atoms with Crippen LogP contribution in [0.1, 0.15) is 46.1 Å². The molecule has 6 heteroatoms. The molecule has 138 valence electrons. The Hall–Kier alpha value is -2.24. The summed E-state index contributed by atoms with van der Waals surface area (Å²) in [5.74, 6) is -0.289. The lowest BCUT2D eigenvalue weighted by Crippen LogP contribution is -2.43. The number of carboxylic acids is 1. The van der Waals surface area contributed by atoms with Crippen LogP contribution in [0.5, 0.6) is 5.75 Å². The Morgan fingerprint density at radius 1 is 1.28 bits per heavy atom. The van der Waals surface area contributed by atoms with Gasteiger partial charge in [0.2, 0.25) is 0 Å². The Labute approximate surface area is 148 Å². The highest BCUT2D eigenvalue weighted by Crippen LogP contribution is 2.27. The Morgan fingerprint density at radius 2 is 1.96 bits per heavy atom. The quantitative estimate of drug-likeness (QED) is 0.881. The molecule has 1 heterocycles. The number of benzene rings is 1. The maximum absolute atomic E-state index is 12.3. The molecular weight excluding hydrogens is 322 g/mol.